The van der Waals surface area contributed by atoms with Gasteiger partial charge in [0, 0.05) is 5.56 Å². The quantitative estimate of drug-likeness (QED) is 0.197. The van der Waals surface area contributed by atoms with Gasteiger partial charge in [-0.1, -0.05) is 113 Å². The molecule has 3 rings (SSSR count). The molecular formula is C32H40F2O. The van der Waals surface area contributed by atoms with Crippen molar-refractivity contribution in [2.75, 3.05) is 6.61 Å². The SMILES string of the molecule is CCCCCCCCCCCCc1ccc(-c2ccc(-c3ccc(OCC)cc3)cc2)c(F)c1F. The molecule has 0 saturated carbocycles. The number of hydrogen-bond donors (Lipinski definition) is 0. The summed E-state index contributed by atoms with van der Waals surface area (Å²) >= 11 is 0. The van der Waals surface area contributed by atoms with Crippen molar-refractivity contribution in [3.63, 3.8) is 0 Å². The summed E-state index contributed by atoms with van der Waals surface area (Å²) in [5, 5.41) is 0. The van der Waals surface area contributed by atoms with E-state index in [1.807, 2.05) is 55.5 Å². The second-order valence-corrected chi connectivity index (χ2v) is 9.37. The van der Waals surface area contributed by atoms with Crippen molar-refractivity contribution in [2.24, 2.45) is 0 Å². The van der Waals surface area contributed by atoms with Crippen LogP contribution in [0.15, 0.2) is 60.7 Å². The van der Waals surface area contributed by atoms with E-state index in [2.05, 4.69) is 6.92 Å². The van der Waals surface area contributed by atoms with Crippen LogP contribution < -0.4 is 4.74 Å². The van der Waals surface area contributed by atoms with Gasteiger partial charge in [0.25, 0.3) is 0 Å². The Kier molecular flexibility index (Phi) is 11.3. The van der Waals surface area contributed by atoms with Crippen molar-refractivity contribution in [1.29, 1.82) is 0 Å². The number of hydrogen-bond acceptors (Lipinski definition) is 1. The van der Waals surface area contributed by atoms with Crippen LogP contribution in [-0.2, 0) is 6.42 Å². The summed E-state index contributed by atoms with van der Waals surface area (Å²) in [6, 6.07) is 18.9. The summed E-state index contributed by atoms with van der Waals surface area (Å²) in [5.41, 5.74) is 3.56. The maximum Gasteiger partial charge on any atom is 0.166 e. The van der Waals surface area contributed by atoms with E-state index in [4.69, 9.17) is 4.74 Å². The van der Waals surface area contributed by atoms with Gasteiger partial charge in [0.05, 0.1) is 6.61 Å². The molecule has 0 N–H and O–H groups in total. The molecule has 0 amide bonds. The van der Waals surface area contributed by atoms with E-state index in [1.54, 1.807) is 12.1 Å². The fourth-order valence-corrected chi connectivity index (χ4v) is 4.56. The molecule has 0 atom stereocenters. The van der Waals surface area contributed by atoms with Crippen LogP contribution >= 0.6 is 0 Å². The Balaban J connectivity index is 1.51. The maximum atomic E-state index is 14.9. The van der Waals surface area contributed by atoms with E-state index >= 15 is 0 Å². The second-order valence-electron chi connectivity index (χ2n) is 9.37. The van der Waals surface area contributed by atoms with Crippen molar-refractivity contribution in [3.05, 3.63) is 77.9 Å². The van der Waals surface area contributed by atoms with Gasteiger partial charge in [-0.2, -0.15) is 0 Å². The molecule has 0 unspecified atom stereocenters. The van der Waals surface area contributed by atoms with E-state index in [-0.39, 0.29) is 0 Å². The Morgan fingerprint density at radius 2 is 1.06 bits per heavy atom. The summed E-state index contributed by atoms with van der Waals surface area (Å²) in [7, 11) is 0. The molecule has 0 saturated heterocycles. The molecule has 3 aromatic carbocycles. The van der Waals surface area contributed by atoms with Gasteiger partial charge in [-0.3, -0.25) is 0 Å². The summed E-state index contributed by atoms with van der Waals surface area (Å²) in [6.07, 6.45) is 12.9. The minimum absolute atomic E-state index is 0.313. The van der Waals surface area contributed by atoms with E-state index in [0.29, 0.717) is 29.7 Å². The highest BCUT2D eigenvalue weighted by atomic mass is 19.2. The fraction of sp³-hybridized carbons (Fsp3) is 0.438. The lowest BCUT2D eigenvalue weighted by Crippen LogP contribution is -1.98. The lowest BCUT2D eigenvalue weighted by Gasteiger charge is -2.10. The first-order valence-corrected chi connectivity index (χ1v) is 13.4. The third-order valence-corrected chi connectivity index (χ3v) is 6.66. The molecule has 0 aliphatic carbocycles. The molecule has 0 aliphatic heterocycles. The lowest BCUT2D eigenvalue weighted by atomic mass is 9.97. The lowest BCUT2D eigenvalue weighted by molar-refractivity contribution is 0.340. The zero-order chi connectivity index (χ0) is 24.9. The number of benzene rings is 3. The standard InChI is InChI=1S/C32H40F2O/c1-3-5-6-7-8-9-10-11-12-13-14-28-21-24-30(32(34)31(28)33)27-17-15-25(16-18-27)26-19-22-29(23-20-26)35-4-2/h15-24H,3-14H2,1-2H3. The Hall–Kier alpha value is -2.68. The number of rotatable bonds is 15. The van der Waals surface area contributed by atoms with Gasteiger partial charge in [-0.15, -0.1) is 0 Å². The van der Waals surface area contributed by atoms with Gasteiger partial charge in [0.2, 0.25) is 0 Å². The smallest absolute Gasteiger partial charge is 0.166 e. The normalized spacial score (nSPS) is 11.1. The highest BCUT2D eigenvalue weighted by molar-refractivity contribution is 5.71. The van der Waals surface area contributed by atoms with Crippen LogP contribution in [0.3, 0.4) is 0 Å². The summed E-state index contributed by atoms with van der Waals surface area (Å²) in [4.78, 5) is 0. The van der Waals surface area contributed by atoms with Crippen molar-refractivity contribution in [1.82, 2.24) is 0 Å². The Labute approximate surface area is 210 Å². The molecule has 0 fully saturated rings. The van der Waals surface area contributed by atoms with Crippen molar-refractivity contribution < 1.29 is 13.5 Å². The highest BCUT2D eigenvalue weighted by Crippen LogP contribution is 2.30. The van der Waals surface area contributed by atoms with E-state index in [9.17, 15) is 8.78 Å². The minimum atomic E-state index is -0.747. The first-order chi connectivity index (χ1) is 17.1. The predicted octanol–water partition coefficient (Wildman–Crippen LogP) is 10.2. The molecule has 1 nitrogen and oxygen atoms in total. The average molecular weight is 479 g/mol. The van der Waals surface area contributed by atoms with Crippen LogP contribution in [0.5, 0.6) is 5.75 Å². The van der Waals surface area contributed by atoms with Gasteiger partial charge in [0.1, 0.15) is 5.75 Å². The monoisotopic (exact) mass is 478 g/mol. The third kappa shape index (κ3) is 8.19. The number of unbranched alkanes of at least 4 members (excludes halogenated alkanes) is 9. The molecule has 0 radical (unpaired) electrons. The Morgan fingerprint density at radius 3 is 1.63 bits per heavy atom. The van der Waals surface area contributed by atoms with Gasteiger partial charge < -0.3 is 4.74 Å². The first-order valence-electron chi connectivity index (χ1n) is 13.4. The average Bonchev–Trinajstić information content (AvgIpc) is 2.88. The molecular weight excluding hydrogens is 438 g/mol. The Morgan fingerprint density at radius 1 is 0.543 bits per heavy atom. The molecule has 188 valence electrons. The fourth-order valence-electron chi connectivity index (χ4n) is 4.56. The van der Waals surface area contributed by atoms with E-state index in [0.717, 1.165) is 29.7 Å². The van der Waals surface area contributed by atoms with Gasteiger partial charge in [-0.05, 0) is 54.2 Å². The van der Waals surface area contributed by atoms with Crippen LogP contribution in [0.25, 0.3) is 22.3 Å². The number of ether oxygens (including phenoxy) is 1. The van der Waals surface area contributed by atoms with Gasteiger partial charge in [-0.25, -0.2) is 8.78 Å². The summed E-state index contributed by atoms with van der Waals surface area (Å²) < 4.78 is 35.2. The van der Waals surface area contributed by atoms with Crippen LogP contribution in [0, 0.1) is 11.6 Å². The summed E-state index contributed by atoms with van der Waals surface area (Å²) in [5.74, 6) is -0.610. The van der Waals surface area contributed by atoms with Gasteiger partial charge in [0.15, 0.2) is 11.6 Å². The van der Waals surface area contributed by atoms with Crippen LogP contribution in [-0.4, -0.2) is 6.61 Å². The zero-order valence-electron chi connectivity index (χ0n) is 21.4. The van der Waals surface area contributed by atoms with Crippen molar-refractivity contribution in [3.8, 4) is 28.0 Å². The third-order valence-electron chi connectivity index (χ3n) is 6.66. The predicted molar refractivity (Wildman–Crippen MR) is 144 cm³/mol. The molecule has 0 spiro atoms. The van der Waals surface area contributed by atoms with Gasteiger partial charge >= 0.3 is 0 Å². The first kappa shape index (κ1) is 26.9. The second kappa shape index (κ2) is 14.7. The van der Waals surface area contributed by atoms with Crippen LogP contribution in [0.1, 0.15) is 83.6 Å². The zero-order valence-corrected chi connectivity index (χ0v) is 21.4. The molecule has 35 heavy (non-hydrogen) atoms. The van der Waals surface area contributed by atoms with Crippen molar-refractivity contribution >= 4 is 0 Å². The number of aryl methyl sites for hydroxylation is 1. The molecule has 0 aliphatic rings. The minimum Gasteiger partial charge on any atom is -0.494 e. The number of halogens is 2. The topological polar surface area (TPSA) is 9.23 Å². The van der Waals surface area contributed by atoms with E-state index in [1.165, 1.54) is 51.4 Å². The maximum absolute atomic E-state index is 14.9. The highest BCUT2D eigenvalue weighted by Gasteiger charge is 2.14. The molecule has 3 aromatic rings. The Bertz CT molecular complexity index is 1010. The van der Waals surface area contributed by atoms with Crippen LogP contribution in [0.4, 0.5) is 8.78 Å². The molecule has 3 heteroatoms. The largest absolute Gasteiger partial charge is 0.494 e. The molecule has 0 aromatic heterocycles. The molecule has 0 bridgehead atoms. The van der Waals surface area contributed by atoms with Crippen molar-refractivity contribution in [2.45, 2.75) is 84.5 Å². The van der Waals surface area contributed by atoms with E-state index < -0.39 is 11.6 Å². The molecule has 0 heterocycles. The van der Waals surface area contributed by atoms with Crippen LogP contribution in [0.2, 0.25) is 0 Å². The summed E-state index contributed by atoms with van der Waals surface area (Å²) in [6.45, 7) is 4.83.